The number of aliphatic hydroxyl groups excluding tert-OH is 1. The Morgan fingerprint density at radius 2 is 1.65 bits per heavy atom. The maximum atomic E-state index is 14.2. The van der Waals surface area contributed by atoms with E-state index in [1.807, 2.05) is 38.2 Å². The first kappa shape index (κ1) is 26.3. The lowest BCUT2D eigenvalue weighted by Gasteiger charge is -2.39. The molecule has 1 N–H and O–H groups in total. The van der Waals surface area contributed by atoms with Crippen LogP contribution in [-0.4, -0.2) is 131 Å². The predicted molar refractivity (Wildman–Crippen MR) is 135 cm³/mol. The Hall–Kier alpha value is -2.27. The van der Waals surface area contributed by atoms with Crippen LogP contribution in [0.15, 0.2) is 24.3 Å². The fourth-order valence-electron chi connectivity index (χ4n) is 6.88. The van der Waals surface area contributed by atoms with Crippen molar-refractivity contribution in [3.8, 4) is 0 Å². The predicted octanol–water partition coefficient (Wildman–Crippen LogP) is -0.123. The molecule has 0 aromatic rings. The third kappa shape index (κ3) is 4.22. The molecule has 5 aliphatic heterocycles. The van der Waals surface area contributed by atoms with Crippen LogP contribution in [0.5, 0.6) is 0 Å². The van der Waals surface area contributed by atoms with E-state index in [4.69, 9.17) is 9.47 Å². The molecule has 0 radical (unpaired) electrons. The number of hydrogen-bond donors (Lipinski definition) is 1. The summed E-state index contributed by atoms with van der Waals surface area (Å²) in [7, 11) is 0. The van der Waals surface area contributed by atoms with E-state index in [0.717, 1.165) is 19.5 Å². The van der Waals surface area contributed by atoms with E-state index in [0.29, 0.717) is 45.9 Å². The summed E-state index contributed by atoms with van der Waals surface area (Å²) in [6, 6.07) is -1.53. The van der Waals surface area contributed by atoms with Gasteiger partial charge in [0.05, 0.1) is 43.3 Å². The van der Waals surface area contributed by atoms with Crippen molar-refractivity contribution >= 4 is 17.7 Å². The van der Waals surface area contributed by atoms with Crippen LogP contribution in [0.1, 0.15) is 27.2 Å². The molecule has 0 aliphatic carbocycles. The topological polar surface area (TPSA) is 103 Å². The maximum Gasteiger partial charge on any atom is 0.249 e. The maximum absolute atomic E-state index is 14.2. The summed E-state index contributed by atoms with van der Waals surface area (Å²) in [5.74, 6) is -2.20. The Balaban J connectivity index is 1.52. The fourth-order valence-corrected chi connectivity index (χ4v) is 6.88. The first-order valence-electron chi connectivity index (χ1n) is 13.6. The molecule has 3 amide bonds. The van der Waals surface area contributed by atoms with Gasteiger partial charge in [-0.25, -0.2) is 0 Å². The minimum atomic E-state index is -1.28. The molecule has 1 spiro atoms. The van der Waals surface area contributed by atoms with Crippen LogP contribution < -0.4 is 0 Å². The van der Waals surface area contributed by atoms with Crippen molar-refractivity contribution in [1.82, 2.24) is 19.6 Å². The van der Waals surface area contributed by atoms with Crippen LogP contribution in [0.3, 0.4) is 0 Å². The quantitative estimate of drug-likeness (QED) is 0.471. The number of rotatable bonds is 7. The van der Waals surface area contributed by atoms with Crippen molar-refractivity contribution in [3.05, 3.63) is 24.3 Å². The molecule has 0 aromatic heterocycles. The van der Waals surface area contributed by atoms with Gasteiger partial charge >= 0.3 is 0 Å². The van der Waals surface area contributed by atoms with Gasteiger partial charge in [0, 0.05) is 45.8 Å². The number of aliphatic hydroxyl groups is 1. The summed E-state index contributed by atoms with van der Waals surface area (Å²) in [4.78, 5) is 49.6. The minimum absolute atomic E-state index is 0.115. The van der Waals surface area contributed by atoms with Crippen molar-refractivity contribution in [2.75, 3.05) is 65.6 Å². The largest absolute Gasteiger partial charge is 0.394 e. The summed E-state index contributed by atoms with van der Waals surface area (Å²) in [5.41, 5.74) is -2.29. The summed E-state index contributed by atoms with van der Waals surface area (Å²) >= 11 is 0. The molecule has 204 valence electrons. The molecule has 3 saturated heterocycles. The molecule has 0 bridgehead atoms. The summed E-state index contributed by atoms with van der Waals surface area (Å²) in [6.07, 6.45) is 8.43. The normalized spacial score (nSPS) is 36.9. The monoisotopic (exact) mass is 516 g/mol. The van der Waals surface area contributed by atoms with Gasteiger partial charge < -0.3 is 29.3 Å². The molecule has 10 heteroatoms. The molecule has 5 aliphatic rings. The van der Waals surface area contributed by atoms with E-state index in [-0.39, 0.29) is 24.3 Å². The molecule has 37 heavy (non-hydrogen) atoms. The van der Waals surface area contributed by atoms with Gasteiger partial charge in [0.15, 0.2) is 0 Å². The third-order valence-corrected chi connectivity index (χ3v) is 8.68. The van der Waals surface area contributed by atoms with Gasteiger partial charge in [-0.3, -0.25) is 19.3 Å². The number of morpholine rings is 1. The zero-order chi connectivity index (χ0) is 26.4. The number of carbonyl (C=O) groups is 3. The first-order valence-corrected chi connectivity index (χ1v) is 13.6. The zero-order valence-electron chi connectivity index (χ0n) is 22.2. The van der Waals surface area contributed by atoms with Gasteiger partial charge in [-0.2, -0.15) is 0 Å². The van der Waals surface area contributed by atoms with Gasteiger partial charge in [-0.15, -0.1) is 0 Å². The molecule has 5 rings (SSSR count). The van der Waals surface area contributed by atoms with Crippen LogP contribution in [0.25, 0.3) is 0 Å². The Labute approximate surface area is 218 Å². The molecule has 0 saturated carbocycles. The van der Waals surface area contributed by atoms with Crippen molar-refractivity contribution in [1.29, 1.82) is 0 Å². The number of ether oxygens (including phenoxy) is 2. The molecular formula is C27H40N4O6. The Kier molecular flexibility index (Phi) is 7.21. The van der Waals surface area contributed by atoms with Gasteiger partial charge in [0.1, 0.15) is 11.6 Å². The fraction of sp³-hybridized carbons (Fsp3) is 0.741. The molecule has 10 nitrogen and oxygen atoms in total. The number of hydrogen-bond acceptors (Lipinski definition) is 7. The second-order valence-corrected chi connectivity index (χ2v) is 11.1. The van der Waals surface area contributed by atoms with Crippen molar-refractivity contribution < 1.29 is 29.0 Å². The molecular weight excluding hydrogens is 476 g/mol. The third-order valence-electron chi connectivity index (χ3n) is 8.68. The molecule has 5 heterocycles. The lowest BCUT2D eigenvalue weighted by Crippen LogP contribution is -2.58. The highest BCUT2D eigenvalue weighted by molar-refractivity contribution is 6.00. The molecule has 0 aromatic carbocycles. The minimum Gasteiger partial charge on any atom is -0.394 e. The van der Waals surface area contributed by atoms with E-state index in [9.17, 15) is 19.5 Å². The van der Waals surface area contributed by atoms with Crippen LogP contribution in [-0.2, 0) is 23.9 Å². The lowest BCUT2D eigenvalue weighted by molar-refractivity contribution is -0.155. The molecule has 3 fully saturated rings. The van der Waals surface area contributed by atoms with Crippen LogP contribution in [0.4, 0.5) is 0 Å². The summed E-state index contributed by atoms with van der Waals surface area (Å²) in [5, 5.41) is 10.1. The Morgan fingerprint density at radius 1 is 0.973 bits per heavy atom. The second-order valence-electron chi connectivity index (χ2n) is 11.1. The number of likely N-dealkylation sites (tertiary alicyclic amines) is 1. The average Bonchev–Trinajstić information content (AvgIpc) is 3.18. The van der Waals surface area contributed by atoms with Crippen LogP contribution in [0.2, 0.25) is 0 Å². The van der Waals surface area contributed by atoms with Gasteiger partial charge in [-0.05, 0) is 20.3 Å². The molecule has 6 atom stereocenters. The SMILES string of the molecule is CCCN1CC=C[C@]2(C)O[C@]34C=CCN(CCN5CCOCC5)C(=O)C3N([C@H](C)CO)C(=O)[C@@H]4[C@@H]2C1=O. The highest BCUT2D eigenvalue weighted by Gasteiger charge is 2.75. The zero-order valence-corrected chi connectivity index (χ0v) is 22.2. The van der Waals surface area contributed by atoms with E-state index in [2.05, 4.69) is 4.90 Å². The summed E-state index contributed by atoms with van der Waals surface area (Å²) < 4.78 is 12.2. The Bertz CT molecular complexity index is 980. The highest BCUT2D eigenvalue weighted by Crippen LogP contribution is 2.57. The van der Waals surface area contributed by atoms with Crippen molar-refractivity contribution in [2.24, 2.45) is 11.8 Å². The van der Waals surface area contributed by atoms with E-state index >= 15 is 0 Å². The first-order chi connectivity index (χ1) is 17.8. The smallest absolute Gasteiger partial charge is 0.249 e. The van der Waals surface area contributed by atoms with E-state index in [1.165, 1.54) is 4.90 Å². The van der Waals surface area contributed by atoms with Crippen LogP contribution >= 0.6 is 0 Å². The van der Waals surface area contributed by atoms with Crippen molar-refractivity contribution in [2.45, 2.75) is 50.5 Å². The average molecular weight is 517 g/mol. The van der Waals surface area contributed by atoms with Gasteiger partial charge in [0.2, 0.25) is 17.7 Å². The number of amides is 3. The van der Waals surface area contributed by atoms with Gasteiger partial charge in [0.25, 0.3) is 0 Å². The summed E-state index contributed by atoms with van der Waals surface area (Å²) in [6.45, 7) is 11.0. The highest BCUT2D eigenvalue weighted by atomic mass is 16.5. The second kappa shape index (κ2) is 10.1. The van der Waals surface area contributed by atoms with Gasteiger partial charge in [-0.1, -0.05) is 31.2 Å². The lowest BCUT2D eigenvalue weighted by atomic mass is 9.74. The van der Waals surface area contributed by atoms with Crippen molar-refractivity contribution in [3.63, 3.8) is 0 Å². The standard InChI is InChI=1S/C27H40N4O6/c1-4-9-29-10-5-7-26(3)20(23(29)33)21-24(34)31(19(2)18-32)22-25(35)30(11-6-8-27(21,22)37-26)13-12-28-14-16-36-17-15-28/h5-8,19-22,32H,4,9-18H2,1-3H3/t19-,20-,21+,22?,26+,27+/m1/s1. The number of fused-ring (bicyclic) bond motifs is 2. The Morgan fingerprint density at radius 3 is 2.32 bits per heavy atom. The number of carbonyl (C=O) groups excluding carboxylic acids is 3. The van der Waals surface area contributed by atoms with Crippen LogP contribution in [0, 0.1) is 11.8 Å². The van der Waals surface area contributed by atoms with E-state index < -0.39 is 35.1 Å². The number of nitrogens with zero attached hydrogens (tertiary/aromatic N) is 4. The van der Waals surface area contributed by atoms with E-state index in [1.54, 1.807) is 16.7 Å². The molecule has 1 unspecified atom stereocenters.